The fourth-order valence-electron chi connectivity index (χ4n) is 16.9. The fourth-order valence-corrected chi connectivity index (χ4v) is 16.9. The summed E-state index contributed by atoms with van der Waals surface area (Å²) < 4.78 is 11.0. The number of rotatable bonds is 40. The molecule has 0 aromatic heterocycles. The highest BCUT2D eigenvalue weighted by Gasteiger charge is 2.55. The molecule has 2 saturated heterocycles. The third-order valence-electron chi connectivity index (χ3n) is 26.2. The number of carbonyl (C=O) groups excluding carboxylic acids is 25. The Morgan fingerprint density at radius 2 is 1.01 bits per heavy atom. The number of hydrogen-bond donors (Lipinski definition) is 18. The number of fused-ring (bicyclic) bond motifs is 1. The number of aliphatic hydroxyl groups is 1. The first-order chi connectivity index (χ1) is 67.8. The molecule has 2 heterocycles. The van der Waals surface area contributed by atoms with Crippen LogP contribution >= 0.6 is 0 Å². The van der Waals surface area contributed by atoms with Crippen LogP contribution in [0.4, 0.5) is 4.79 Å². The summed E-state index contributed by atoms with van der Waals surface area (Å²) in [6.07, 6.45) is -7.70. The maximum atomic E-state index is 15.6. The molecule has 2 aliphatic heterocycles. The van der Waals surface area contributed by atoms with Gasteiger partial charge in [0, 0.05) is 62.9 Å². The molecule has 1 aromatic carbocycles. The van der Waals surface area contributed by atoms with Crippen LogP contribution < -0.4 is 92.5 Å². The molecule has 25 amide bonds. The molecule has 2 aliphatic rings. The predicted molar refractivity (Wildman–Crippen MR) is 522 cm³/mol. The maximum absolute atomic E-state index is 15.6. The number of esters is 1. The number of imide groups is 1. The zero-order valence-electron chi connectivity index (χ0n) is 87.6. The van der Waals surface area contributed by atoms with Gasteiger partial charge >= 0.3 is 12.0 Å². The van der Waals surface area contributed by atoms with E-state index >= 15 is 38.4 Å². The van der Waals surface area contributed by atoms with E-state index in [1.165, 1.54) is 56.2 Å². The van der Waals surface area contributed by atoms with Crippen LogP contribution in [0.25, 0.3) is 0 Å². The van der Waals surface area contributed by atoms with Crippen LogP contribution in [0.3, 0.4) is 0 Å². The Kier molecular flexibility index (Phi) is 49.7. The Bertz CT molecular complexity index is 4910. The molecule has 2 fully saturated rings. The second-order valence-corrected chi connectivity index (χ2v) is 38.4. The van der Waals surface area contributed by atoms with E-state index in [9.17, 15) is 86.6 Å². The zero-order chi connectivity index (χ0) is 112. The molecule has 146 heavy (non-hydrogen) atoms. The van der Waals surface area contributed by atoms with Crippen molar-refractivity contribution in [1.82, 2.24) is 98.1 Å². The van der Waals surface area contributed by atoms with Crippen molar-refractivity contribution in [3.63, 3.8) is 0 Å². The van der Waals surface area contributed by atoms with Gasteiger partial charge in [-0.25, -0.2) is 9.59 Å². The number of amides is 25. The van der Waals surface area contributed by atoms with Crippen LogP contribution in [0.2, 0.25) is 0 Å². The van der Waals surface area contributed by atoms with Crippen molar-refractivity contribution in [2.75, 3.05) is 69.6 Å². The van der Waals surface area contributed by atoms with E-state index in [2.05, 4.69) is 58.5 Å². The van der Waals surface area contributed by atoms with Crippen LogP contribution in [0.1, 0.15) is 187 Å². The summed E-state index contributed by atoms with van der Waals surface area (Å²) in [6, 6.07) is -21.3. The normalized spacial score (nSPS) is 23.4. The number of cyclic esters (lactones) is 1. The van der Waals surface area contributed by atoms with Gasteiger partial charge in [0.1, 0.15) is 103 Å². The first-order valence-corrected chi connectivity index (χ1v) is 48.2. The quantitative estimate of drug-likeness (QED) is 0.0272. The van der Waals surface area contributed by atoms with Crippen LogP contribution in [0, 0.1) is 41.4 Å². The summed E-state index contributed by atoms with van der Waals surface area (Å²) in [5, 5.41) is 39.8. The van der Waals surface area contributed by atoms with Crippen LogP contribution in [-0.4, -0.2) is 365 Å². The summed E-state index contributed by atoms with van der Waals surface area (Å²) in [5.41, 5.74) is 25.9. The van der Waals surface area contributed by atoms with E-state index in [-0.39, 0.29) is 38.5 Å². The SMILES string of the molecule is CC[C@@H](C)[C@@H](C(=O)N(C)[C@@H](CC(N)=O)C(=O)N(C)[C@H](C(=O)N(C)[C@H](C(=O)N(C)[C@@H](CC(C)C)C(=O)N[C@@H](CC(N)=O)C(=O)N[C@@H]1C(=O)N[C@@H](CC(N)=O)C(=O)N(C)CC(=O)N[C@@H](CC(N)=O)C(=O)N[C@@H](C)C(=O)N[C@H]([C@H](C)CC)C(=O)N[C@H]2CC(=O)N[C@@]2(O)[C@H](C)C(=O)N[C@@H](CC(=O)NC(N)=O)C(=O)N[C@H](C)C(=O)N(C)[C@H]([C@@H](C)CC)C(=O)O[C@@H]1C)C(C)C)[C@H](C)CC)N(C)C(=O)[C@@H](Cc1ccccc1)NC(=O)COC. The van der Waals surface area contributed by atoms with Crippen molar-refractivity contribution in [2.24, 2.45) is 70.1 Å². The monoisotopic (exact) mass is 2070 g/mol. The fraction of sp³-hybridized carbons (Fsp3) is 0.670. The minimum absolute atomic E-state index is 0.0104. The van der Waals surface area contributed by atoms with E-state index in [0.717, 1.165) is 71.2 Å². The summed E-state index contributed by atoms with van der Waals surface area (Å²) in [6.45, 7) is 21.9. The number of carbonyl (C=O) groups is 25. The molecule has 23 N–H and O–H groups in total. The standard InChI is InChI=1S/C94H152N24O28/c1-25-46(9)71-83(133)107-62-41-68(124)111-94(62,144)50(13)77(127)104-57(39-67(123)108-93(99)143)80(130)101-52(15)85(135)118(23)76(49(12)28-4)92(142)146-53(16)72(84(134)106-59(38-65(97)121)86(136)112(17)42-69(125)102-55(36-63(95)119)79(129)100-51(14)78(128)109-71)110-81(131)56(37-64(96)120)105-82(132)60(34-44(5)6)113(18)89(139)73(45(7)8)115(20)91(141)75(48(11)27-3)117(22)88(138)61(40-66(98)122)114(19)90(140)74(47(10)26-2)116(21)87(137)58(103-70(126)43-145-24)35-54-32-30-29-31-33-54/h29-33,44-53,55-62,71-76,144H,25-28,34-43H2,1-24H3,(H2,95,119)(H2,96,120)(H2,97,121)(H2,98,122)(H,100,129)(H,101,130)(H,102,125)(H,103,126)(H,104,127)(H,105,132)(H,106,134)(H,107,133)(H,109,128)(H,110,131)(H,111,124)(H3,99,108,123,143)/t46-,47-,48-,49+,50-,51+,52-,53-,55+,56+,57+,58-,59+,60+,61+,62+,71-,72+,73+,74+,75+,76-,94-/m1/s1. The average Bonchev–Trinajstić information content (AvgIpc) is 1.60. The Morgan fingerprint density at radius 3 is 1.51 bits per heavy atom. The predicted octanol–water partition coefficient (Wildman–Crippen LogP) is -7.05. The highest BCUT2D eigenvalue weighted by atomic mass is 16.5. The number of nitrogens with zero attached hydrogens (tertiary/aromatic N) is 7. The van der Waals surface area contributed by atoms with Crippen LogP contribution in [0.15, 0.2) is 30.3 Å². The van der Waals surface area contributed by atoms with Gasteiger partial charge in [-0.15, -0.1) is 0 Å². The Balaban J connectivity index is 2.34. The topological polar surface area (TPSA) is 763 Å². The summed E-state index contributed by atoms with van der Waals surface area (Å²) in [7, 11) is 9.56. The number of urea groups is 1. The molecule has 0 unspecified atom stereocenters. The molecular formula is C94H152N24O28. The van der Waals surface area contributed by atoms with Crippen LogP contribution in [0.5, 0.6) is 0 Å². The van der Waals surface area contributed by atoms with Crippen molar-refractivity contribution >= 4 is 148 Å². The summed E-state index contributed by atoms with van der Waals surface area (Å²) in [5.74, 6) is -34.2. The first kappa shape index (κ1) is 126. The largest absolute Gasteiger partial charge is 0.458 e. The molecule has 0 radical (unpaired) electrons. The van der Waals surface area contributed by atoms with Gasteiger partial charge in [0.05, 0.1) is 57.0 Å². The van der Waals surface area contributed by atoms with E-state index in [1.54, 1.807) is 105 Å². The molecule has 816 valence electrons. The third kappa shape index (κ3) is 35.7. The van der Waals surface area contributed by atoms with Gasteiger partial charge in [0.2, 0.25) is 136 Å². The van der Waals surface area contributed by atoms with Gasteiger partial charge in [0.15, 0.2) is 5.72 Å². The van der Waals surface area contributed by atoms with Gasteiger partial charge < -0.3 is 136 Å². The molecule has 0 saturated carbocycles. The molecule has 0 bridgehead atoms. The molecule has 23 atom stereocenters. The molecular weight excluding hydrogens is 1910 g/mol. The number of methoxy groups -OCH3 is 1. The lowest BCUT2D eigenvalue weighted by Crippen LogP contribution is -2.65. The van der Waals surface area contributed by atoms with E-state index in [0.29, 0.717) is 10.5 Å². The van der Waals surface area contributed by atoms with Gasteiger partial charge in [-0.3, -0.25) is 116 Å². The Hall–Kier alpha value is -14.1. The molecule has 52 heteroatoms. The van der Waals surface area contributed by atoms with Crippen molar-refractivity contribution in [2.45, 2.75) is 296 Å². The van der Waals surface area contributed by atoms with Crippen LogP contribution in [-0.2, 0) is 131 Å². The second kappa shape index (κ2) is 57.5. The van der Waals surface area contributed by atoms with Crippen molar-refractivity contribution in [1.29, 1.82) is 0 Å². The minimum atomic E-state index is -2.77. The zero-order valence-corrected chi connectivity index (χ0v) is 87.6. The van der Waals surface area contributed by atoms with Crippen molar-refractivity contribution < 1.29 is 134 Å². The van der Waals surface area contributed by atoms with Crippen molar-refractivity contribution in [3.8, 4) is 0 Å². The van der Waals surface area contributed by atoms with E-state index in [4.69, 9.17) is 38.1 Å². The number of nitrogens with one attached hydrogen (secondary N) is 12. The lowest BCUT2D eigenvalue weighted by atomic mass is 9.89. The number of primary amides is 5. The lowest BCUT2D eigenvalue weighted by molar-refractivity contribution is -0.163. The highest BCUT2D eigenvalue weighted by Crippen LogP contribution is 2.31. The smallest absolute Gasteiger partial charge is 0.329 e. The first-order valence-electron chi connectivity index (χ1n) is 48.2. The second-order valence-electron chi connectivity index (χ2n) is 38.4. The third-order valence-corrected chi connectivity index (χ3v) is 26.2. The molecule has 0 spiro atoms. The molecule has 0 aliphatic carbocycles. The van der Waals surface area contributed by atoms with Crippen molar-refractivity contribution in [3.05, 3.63) is 35.9 Å². The Morgan fingerprint density at radius 1 is 0.507 bits per heavy atom. The number of likely N-dealkylation sites (N-methyl/N-ethyl adjacent to an activating group) is 7. The highest BCUT2D eigenvalue weighted by molar-refractivity contribution is 6.04. The summed E-state index contributed by atoms with van der Waals surface area (Å²) >= 11 is 0. The lowest BCUT2D eigenvalue weighted by Gasteiger charge is -2.42. The Labute approximate surface area is 848 Å². The maximum Gasteiger partial charge on any atom is 0.329 e. The van der Waals surface area contributed by atoms with Gasteiger partial charge in [-0.1, -0.05) is 139 Å². The molecule has 1 aromatic rings. The van der Waals surface area contributed by atoms with Gasteiger partial charge in [-0.05, 0) is 75.2 Å². The number of benzene rings is 1. The van der Waals surface area contributed by atoms with E-state index < -0.39 is 349 Å². The summed E-state index contributed by atoms with van der Waals surface area (Å²) in [4.78, 5) is 363. The van der Waals surface area contributed by atoms with Gasteiger partial charge in [0.25, 0.3) is 0 Å². The number of ether oxygens (including phenoxy) is 2. The average molecular weight is 2070 g/mol. The van der Waals surface area contributed by atoms with Gasteiger partial charge in [-0.2, -0.15) is 0 Å². The molecule has 3 rings (SSSR count). The number of hydrogen-bond acceptors (Lipinski definition) is 28. The minimum Gasteiger partial charge on any atom is -0.458 e. The van der Waals surface area contributed by atoms with E-state index in [1.807, 2.05) is 0 Å². The molecule has 52 nitrogen and oxygen atoms in total. The number of nitrogens with two attached hydrogens (primary N) is 5.